The summed E-state index contributed by atoms with van der Waals surface area (Å²) in [6.07, 6.45) is 1.53. The van der Waals surface area contributed by atoms with Gasteiger partial charge in [-0.15, -0.1) is 0 Å². The van der Waals surface area contributed by atoms with Crippen molar-refractivity contribution >= 4 is 11.6 Å². The summed E-state index contributed by atoms with van der Waals surface area (Å²) in [6.45, 7) is 5.46. The van der Waals surface area contributed by atoms with Crippen LogP contribution in [0.4, 0.5) is 5.69 Å². The summed E-state index contributed by atoms with van der Waals surface area (Å²) < 4.78 is 0. The maximum Gasteiger partial charge on any atom is 0.222 e. The Kier molecular flexibility index (Phi) is 4.83. The van der Waals surface area contributed by atoms with Gasteiger partial charge in [0.05, 0.1) is 0 Å². The van der Waals surface area contributed by atoms with Crippen molar-refractivity contribution in [1.82, 2.24) is 4.90 Å². The highest BCUT2D eigenvalue weighted by Gasteiger charge is 2.10. The molecule has 0 heterocycles. The second-order valence-corrected chi connectivity index (χ2v) is 3.90. The van der Waals surface area contributed by atoms with Gasteiger partial charge in [-0.2, -0.15) is 0 Å². The second-order valence-electron chi connectivity index (χ2n) is 3.90. The average molecular weight is 220 g/mol. The van der Waals surface area contributed by atoms with Crippen LogP contribution in [-0.4, -0.2) is 17.4 Å². The number of benzene rings is 1. The molecule has 2 N–H and O–H groups in total. The summed E-state index contributed by atoms with van der Waals surface area (Å²) in [7, 11) is 0. The summed E-state index contributed by atoms with van der Waals surface area (Å²) in [5.41, 5.74) is 7.50. The Hall–Kier alpha value is -1.51. The minimum Gasteiger partial charge on any atom is -0.399 e. The molecular weight excluding hydrogens is 200 g/mol. The van der Waals surface area contributed by atoms with Gasteiger partial charge in [0.25, 0.3) is 0 Å². The lowest BCUT2D eigenvalue weighted by molar-refractivity contribution is -0.131. The molecule has 0 atom stereocenters. The molecule has 0 aromatic heterocycles. The lowest BCUT2D eigenvalue weighted by atomic mass is 10.2. The van der Waals surface area contributed by atoms with Crippen LogP contribution in [0.15, 0.2) is 24.3 Å². The molecule has 1 aromatic carbocycles. The van der Waals surface area contributed by atoms with Gasteiger partial charge in [0.2, 0.25) is 5.91 Å². The summed E-state index contributed by atoms with van der Waals surface area (Å²) in [5, 5.41) is 0. The Bertz CT molecular complexity index is 332. The van der Waals surface area contributed by atoms with Crippen LogP contribution in [0.2, 0.25) is 0 Å². The summed E-state index contributed by atoms with van der Waals surface area (Å²) >= 11 is 0. The zero-order valence-electron chi connectivity index (χ0n) is 10.1. The third kappa shape index (κ3) is 3.57. The molecule has 88 valence electrons. The number of nitrogen functional groups attached to an aromatic ring is 1. The van der Waals surface area contributed by atoms with E-state index in [9.17, 15) is 4.79 Å². The molecule has 0 aliphatic carbocycles. The fourth-order valence-corrected chi connectivity index (χ4v) is 1.59. The number of hydrogen-bond acceptors (Lipinski definition) is 2. The van der Waals surface area contributed by atoms with Crippen LogP contribution < -0.4 is 5.73 Å². The molecule has 0 saturated heterocycles. The lowest BCUT2D eigenvalue weighted by Gasteiger charge is -2.20. The Labute approximate surface area is 97.2 Å². The fourth-order valence-electron chi connectivity index (χ4n) is 1.59. The predicted molar refractivity (Wildman–Crippen MR) is 66.9 cm³/mol. The highest BCUT2D eigenvalue weighted by Crippen LogP contribution is 2.09. The molecule has 0 bridgehead atoms. The van der Waals surface area contributed by atoms with Gasteiger partial charge < -0.3 is 10.6 Å². The number of anilines is 1. The molecule has 0 unspecified atom stereocenters. The SMILES string of the molecule is CCCC(=O)N(CC)Cc1ccc(N)cc1. The number of carbonyl (C=O) groups excluding carboxylic acids is 1. The van der Waals surface area contributed by atoms with Crippen LogP contribution >= 0.6 is 0 Å². The van der Waals surface area contributed by atoms with Crippen LogP contribution in [0.25, 0.3) is 0 Å². The highest BCUT2D eigenvalue weighted by atomic mass is 16.2. The van der Waals surface area contributed by atoms with Crippen molar-refractivity contribution in [3.05, 3.63) is 29.8 Å². The van der Waals surface area contributed by atoms with Gasteiger partial charge in [-0.25, -0.2) is 0 Å². The van der Waals surface area contributed by atoms with Gasteiger partial charge in [0.15, 0.2) is 0 Å². The summed E-state index contributed by atoms with van der Waals surface area (Å²) in [5.74, 6) is 0.224. The van der Waals surface area contributed by atoms with E-state index in [2.05, 4.69) is 0 Å². The van der Waals surface area contributed by atoms with Crippen molar-refractivity contribution < 1.29 is 4.79 Å². The second kappa shape index (κ2) is 6.16. The molecular formula is C13H20N2O. The number of rotatable bonds is 5. The van der Waals surface area contributed by atoms with Gasteiger partial charge in [-0.3, -0.25) is 4.79 Å². The Morgan fingerprint density at radius 1 is 1.25 bits per heavy atom. The van der Waals surface area contributed by atoms with Crippen molar-refractivity contribution in [2.75, 3.05) is 12.3 Å². The first-order valence-electron chi connectivity index (χ1n) is 5.79. The van der Waals surface area contributed by atoms with Crippen molar-refractivity contribution in [3.8, 4) is 0 Å². The van der Waals surface area contributed by atoms with Gasteiger partial charge in [0.1, 0.15) is 0 Å². The largest absolute Gasteiger partial charge is 0.399 e. The topological polar surface area (TPSA) is 46.3 Å². The quantitative estimate of drug-likeness (QED) is 0.775. The first-order valence-corrected chi connectivity index (χ1v) is 5.79. The normalized spacial score (nSPS) is 10.1. The highest BCUT2D eigenvalue weighted by molar-refractivity contribution is 5.76. The van der Waals surface area contributed by atoms with Gasteiger partial charge in [-0.05, 0) is 31.0 Å². The third-order valence-electron chi connectivity index (χ3n) is 2.55. The molecule has 16 heavy (non-hydrogen) atoms. The van der Waals surface area contributed by atoms with E-state index in [0.29, 0.717) is 13.0 Å². The maximum absolute atomic E-state index is 11.7. The molecule has 1 amide bonds. The van der Waals surface area contributed by atoms with E-state index < -0.39 is 0 Å². The zero-order valence-corrected chi connectivity index (χ0v) is 10.1. The van der Waals surface area contributed by atoms with E-state index in [-0.39, 0.29) is 5.91 Å². The van der Waals surface area contributed by atoms with Gasteiger partial charge in [-0.1, -0.05) is 19.1 Å². The number of amides is 1. The molecule has 3 heteroatoms. The molecule has 0 spiro atoms. The molecule has 1 rings (SSSR count). The van der Waals surface area contributed by atoms with Crippen LogP contribution in [0.3, 0.4) is 0 Å². The first kappa shape index (κ1) is 12.6. The van der Waals surface area contributed by atoms with E-state index >= 15 is 0 Å². The zero-order chi connectivity index (χ0) is 12.0. The summed E-state index contributed by atoms with van der Waals surface area (Å²) in [6, 6.07) is 7.68. The Morgan fingerprint density at radius 2 is 1.88 bits per heavy atom. The van der Waals surface area contributed by atoms with E-state index in [1.54, 1.807) is 0 Å². The van der Waals surface area contributed by atoms with Crippen molar-refractivity contribution in [3.63, 3.8) is 0 Å². The average Bonchev–Trinajstić information content (AvgIpc) is 2.28. The molecule has 0 radical (unpaired) electrons. The number of carbonyl (C=O) groups is 1. The Balaban J connectivity index is 2.62. The van der Waals surface area contributed by atoms with Crippen molar-refractivity contribution in [1.29, 1.82) is 0 Å². The number of nitrogens with zero attached hydrogens (tertiary/aromatic N) is 1. The number of nitrogens with two attached hydrogens (primary N) is 1. The van der Waals surface area contributed by atoms with Crippen LogP contribution in [0, 0.1) is 0 Å². The molecule has 0 fully saturated rings. The van der Waals surface area contributed by atoms with Crippen LogP contribution in [-0.2, 0) is 11.3 Å². The molecule has 1 aromatic rings. The van der Waals surface area contributed by atoms with Gasteiger partial charge >= 0.3 is 0 Å². The van der Waals surface area contributed by atoms with Crippen LogP contribution in [0.5, 0.6) is 0 Å². The Morgan fingerprint density at radius 3 is 2.38 bits per heavy atom. The van der Waals surface area contributed by atoms with Crippen LogP contribution in [0.1, 0.15) is 32.3 Å². The predicted octanol–water partition coefficient (Wildman–Crippen LogP) is 2.42. The first-order chi connectivity index (χ1) is 7.67. The van der Waals surface area contributed by atoms with E-state index in [0.717, 1.165) is 24.2 Å². The van der Waals surface area contributed by atoms with Crippen molar-refractivity contribution in [2.45, 2.75) is 33.2 Å². The smallest absolute Gasteiger partial charge is 0.222 e. The molecule has 0 aliphatic heterocycles. The van der Waals surface area contributed by atoms with E-state index in [1.165, 1.54) is 0 Å². The fraction of sp³-hybridized carbons (Fsp3) is 0.462. The molecule has 0 aliphatic rings. The van der Waals surface area contributed by atoms with Gasteiger partial charge in [0, 0.05) is 25.2 Å². The number of hydrogen-bond donors (Lipinski definition) is 1. The maximum atomic E-state index is 11.7. The van der Waals surface area contributed by atoms with Crippen molar-refractivity contribution in [2.24, 2.45) is 0 Å². The lowest BCUT2D eigenvalue weighted by Crippen LogP contribution is -2.29. The molecule has 0 saturated carbocycles. The molecule has 3 nitrogen and oxygen atoms in total. The standard InChI is InChI=1S/C13H20N2O/c1-3-5-13(16)15(4-2)10-11-6-8-12(14)9-7-11/h6-9H,3-5,10,14H2,1-2H3. The third-order valence-corrected chi connectivity index (χ3v) is 2.55. The monoisotopic (exact) mass is 220 g/mol. The minimum absolute atomic E-state index is 0.224. The van der Waals surface area contributed by atoms with E-state index in [1.807, 2.05) is 43.0 Å². The summed E-state index contributed by atoms with van der Waals surface area (Å²) in [4.78, 5) is 13.6. The van der Waals surface area contributed by atoms with E-state index in [4.69, 9.17) is 5.73 Å². The minimum atomic E-state index is 0.224.